The van der Waals surface area contributed by atoms with Gasteiger partial charge in [-0.3, -0.25) is 0 Å². The molecule has 0 aliphatic rings. The second-order valence-electron chi connectivity index (χ2n) is 2.34. The van der Waals surface area contributed by atoms with Gasteiger partial charge >= 0.3 is 6.03 Å². The minimum Gasteiger partial charge on any atom is -0.390 e. The second kappa shape index (κ2) is 4.31. The highest BCUT2D eigenvalue weighted by molar-refractivity contribution is 5.93. The molecule has 0 aliphatic carbocycles. The number of nitrogens with zero attached hydrogens (tertiary/aromatic N) is 1. The van der Waals surface area contributed by atoms with Gasteiger partial charge in [0.1, 0.15) is 0 Å². The third-order valence-electron chi connectivity index (χ3n) is 1.36. The van der Waals surface area contributed by atoms with Crippen LogP contribution in [-0.2, 0) is 0 Å². The molecule has 0 unspecified atom stereocenters. The van der Waals surface area contributed by atoms with E-state index >= 15 is 0 Å². The normalized spacial score (nSPS) is 10.4. The first-order chi connectivity index (χ1) is 6.63. The minimum atomic E-state index is -1.04. The average molecular weight is 199 g/mol. The molecule has 0 saturated carbocycles. The molecule has 14 heavy (non-hydrogen) atoms. The van der Waals surface area contributed by atoms with Crippen LogP contribution in [0.1, 0.15) is 0 Å². The average Bonchev–Trinajstić information content (AvgIpc) is 2.12. The van der Waals surface area contributed by atoms with Crippen LogP contribution in [0, 0.1) is 11.6 Å². The molecule has 74 valence electrons. The van der Waals surface area contributed by atoms with Gasteiger partial charge in [-0.05, 0) is 12.1 Å². The van der Waals surface area contributed by atoms with Gasteiger partial charge in [0, 0.05) is 11.8 Å². The van der Waals surface area contributed by atoms with E-state index < -0.39 is 17.7 Å². The molecule has 1 rings (SSSR count). The van der Waals surface area contributed by atoms with Crippen molar-refractivity contribution >= 4 is 18.1 Å². The van der Waals surface area contributed by atoms with Crippen LogP contribution in [0.5, 0.6) is 0 Å². The first-order valence-corrected chi connectivity index (χ1v) is 3.64. The monoisotopic (exact) mass is 199 g/mol. The number of rotatable bonds is 1. The minimum absolute atomic E-state index is 0.111. The van der Waals surface area contributed by atoms with Crippen molar-refractivity contribution in [3.05, 3.63) is 29.8 Å². The number of hydrogen-bond acceptors (Lipinski definition) is 1. The van der Waals surface area contributed by atoms with Crippen LogP contribution < -0.4 is 11.1 Å². The molecule has 0 fully saturated rings. The summed E-state index contributed by atoms with van der Waals surface area (Å²) in [7, 11) is 0. The summed E-state index contributed by atoms with van der Waals surface area (Å²) in [4.78, 5) is 14.0. The molecule has 0 spiro atoms. The van der Waals surface area contributed by atoms with Crippen LogP contribution in [0.25, 0.3) is 0 Å². The standard InChI is InChI=1S/C8H7F2N3O/c9-6-2-1-5(3-7(6)10)13-8(14)12-4-11/h1-4H,(H3,11,12,13,14). The number of benzene rings is 1. The highest BCUT2D eigenvalue weighted by Crippen LogP contribution is 2.12. The third kappa shape index (κ3) is 2.51. The van der Waals surface area contributed by atoms with Gasteiger partial charge in [0.2, 0.25) is 0 Å². The van der Waals surface area contributed by atoms with Crippen molar-refractivity contribution in [1.29, 1.82) is 0 Å². The van der Waals surface area contributed by atoms with E-state index in [9.17, 15) is 13.6 Å². The quantitative estimate of drug-likeness (QED) is 0.531. The molecule has 6 heteroatoms. The lowest BCUT2D eigenvalue weighted by Gasteiger charge is -2.01. The molecule has 2 amide bonds. The van der Waals surface area contributed by atoms with Crippen LogP contribution in [0.3, 0.4) is 0 Å². The lowest BCUT2D eigenvalue weighted by atomic mass is 10.3. The van der Waals surface area contributed by atoms with Gasteiger partial charge in [-0.15, -0.1) is 0 Å². The summed E-state index contributed by atoms with van der Waals surface area (Å²) in [5, 5.41) is 2.19. The molecule has 1 aromatic rings. The lowest BCUT2D eigenvalue weighted by molar-refractivity contribution is 0.259. The van der Waals surface area contributed by atoms with Crippen molar-refractivity contribution in [2.75, 3.05) is 5.32 Å². The Labute approximate surface area is 78.4 Å². The summed E-state index contributed by atoms with van der Waals surface area (Å²) in [6.45, 7) is 0. The summed E-state index contributed by atoms with van der Waals surface area (Å²) in [6.07, 6.45) is 0.801. The zero-order chi connectivity index (χ0) is 10.6. The summed E-state index contributed by atoms with van der Waals surface area (Å²) >= 11 is 0. The van der Waals surface area contributed by atoms with Crippen LogP contribution in [0.2, 0.25) is 0 Å². The van der Waals surface area contributed by atoms with E-state index in [4.69, 9.17) is 5.73 Å². The number of nitrogens with two attached hydrogens (primary N) is 1. The Balaban J connectivity index is 2.78. The Hall–Kier alpha value is -1.98. The van der Waals surface area contributed by atoms with Crippen LogP contribution in [-0.4, -0.2) is 12.4 Å². The predicted octanol–water partition coefficient (Wildman–Crippen LogP) is 1.48. The molecule has 1 aromatic carbocycles. The molecule has 0 saturated heterocycles. The van der Waals surface area contributed by atoms with Crippen molar-refractivity contribution in [3.63, 3.8) is 0 Å². The molecule has 0 aromatic heterocycles. The summed E-state index contributed by atoms with van der Waals surface area (Å²) in [5.41, 5.74) is 4.96. The molecular formula is C8H7F2N3O. The molecule has 3 N–H and O–H groups in total. The predicted molar refractivity (Wildman–Crippen MR) is 48.1 cm³/mol. The number of halogens is 2. The van der Waals surface area contributed by atoms with Gasteiger partial charge in [-0.25, -0.2) is 13.6 Å². The van der Waals surface area contributed by atoms with Crippen LogP contribution >= 0.6 is 0 Å². The molecule has 0 radical (unpaired) electrons. The molecule has 0 heterocycles. The molecular weight excluding hydrogens is 192 g/mol. The number of nitrogens with one attached hydrogen (secondary N) is 1. The van der Waals surface area contributed by atoms with Gasteiger partial charge in [-0.1, -0.05) is 0 Å². The first-order valence-electron chi connectivity index (χ1n) is 3.64. The highest BCUT2D eigenvalue weighted by Gasteiger charge is 2.04. The number of anilines is 1. The van der Waals surface area contributed by atoms with Crippen molar-refractivity contribution in [2.24, 2.45) is 10.7 Å². The lowest BCUT2D eigenvalue weighted by Crippen LogP contribution is -2.08. The van der Waals surface area contributed by atoms with Crippen molar-refractivity contribution in [3.8, 4) is 0 Å². The Morgan fingerprint density at radius 1 is 1.43 bits per heavy atom. The van der Waals surface area contributed by atoms with E-state index in [1.807, 2.05) is 0 Å². The van der Waals surface area contributed by atoms with E-state index in [0.717, 1.165) is 18.5 Å². The fraction of sp³-hybridized carbons (Fsp3) is 0. The molecule has 0 aliphatic heterocycles. The van der Waals surface area contributed by atoms with Gasteiger partial charge in [0.15, 0.2) is 11.6 Å². The second-order valence-corrected chi connectivity index (χ2v) is 2.34. The number of carbonyl (C=O) groups excluding carboxylic acids is 1. The Kier molecular flexibility index (Phi) is 3.11. The number of carbonyl (C=O) groups is 1. The third-order valence-corrected chi connectivity index (χ3v) is 1.36. The maximum atomic E-state index is 12.6. The van der Waals surface area contributed by atoms with Gasteiger partial charge < -0.3 is 11.1 Å². The van der Waals surface area contributed by atoms with E-state index in [2.05, 4.69) is 10.3 Å². The number of amides is 2. The Bertz CT molecular complexity index is 379. The zero-order valence-corrected chi connectivity index (χ0v) is 7.00. The van der Waals surface area contributed by atoms with Gasteiger partial charge in [0.25, 0.3) is 0 Å². The van der Waals surface area contributed by atoms with Gasteiger partial charge in [0.05, 0.1) is 6.34 Å². The number of hydrogen-bond donors (Lipinski definition) is 2. The SMILES string of the molecule is NC=NC(=O)Nc1ccc(F)c(F)c1. The van der Waals surface area contributed by atoms with Gasteiger partial charge in [-0.2, -0.15) is 4.99 Å². The van der Waals surface area contributed by atoms with E-state index in [0.29, 0.717) is 0 Å². The topological polar surface area (TPSA) is 67.5 Å². The Morgan fingerprint density at radius 3 is 2.71 bits per heavy atom. The summed E-state index contributed by atoms with van der Waals surface area (Å²) in [6, 6.07) is 2.21. The fourth-order valence-electron chi connectivity index (χ4n) is 0.797. The maximum Gasteiger partial charge on any atom is 0.346 e. The zero-order valence-electron chi connectivity index (χ0n) is 7.00. The van der Waals surface area contributed by atoms with Crippen LogP contribution in [0.4, 0.5) is 19.3 Å². The van der Waals surface area contributed by atoms with Crippen molar-refractivity contribution in [2.45, 2.75) is 0 Å². The van der Waals surface area contributed by atoms with E-state index in [1.165, 1.54) is 6.07 Å². The molecule has 4 nitrogen and oxygen atoms in total. The van der Waals surface area contributed by atoms with Crippen molar-refractivity contribution in [1.82, 2.24) is 0 Å². The van der Waals surface area contributed by atoms with E-state index in [1.54, 1.807) is 0 Å². The van der Waals surface area contributed by atoms with Crippen molar-refractivity contribution < 1.29 is 13.6 Å². The van der Waals surface area contributed by atoms with Crippen LogP contribution in [0.15, 0.2) is 23.2 Å². The largest absolute Gasteiger partial charge is 0.390 e. The Morgan fingerprint density at radius 2 is 2.14 bits per heavy atom. The highest BCUT2D eigenvalue weighted by atomic mass is 19.2. The molecule has 0 bridgehead atoms. The smallest absolute Gasteiger partial charge is 0.346 e. The summed E-state index contributed by atoms with van der Waals surface area (Å²) < 4.78 is 25.1. The van der Waals surface area contributed by atoms with E-state index in [-0.39, 0.29) is 5.69 Å². The number of aliphatic imine (C=N–C) groups is 1. The molecule has 0 atom stereocenters. The summed E-state index contributed by atoms with van der Waals surface area (Å²) in [5.74, 6) is -2.02. The number of urea groups is 1. The maximum absolute atomic E-state index is 12.6. The first kappa shape index (κ1) is 10.1. The fourth-order valence-corrected chi connectivity index (χ4v) is 0.797.